The van der Waals surface area contributed by atoms with Crippen LogP contribution in [0.25, 0.3) is 0 Å². The van der Waals surface area contributed by atoms with E-state index in [0.717, 1.165) is 4.90 Å². The van der Waals surface area contributed by atoms with E-state index in [9.17, 15) is 42.6 Å². The molecule has 6 N–H and O–H groups in total. The maximum absolute atomic E-state index is 13.8. The van der Waals surface area contributed by atoms with Crippen molar-refractivity contribution in [3.05, 3.63) is 35.1 Å². The average Bonchev–Trinajstić information content (AvgIpc) is 3.14. The number of carbonyl (C=O) groups is 4. The van der Waals surface area contributed by atoms with Crippen LogP contribution in [0.2, 0.25) is 0 Å². The number of carboxylic acid groups (broad SMARTS) is 2. The summed E-state index contributed by atoms with van der Waals surface area (Å²) in [5.41, 5.74) is 4.22. The van der Waals surface area contributed by atoms with Gasteiger partial charge in [-0.15, -0.1) is 0 Å². The first-order valence-corrected chi connectivity index (χ1v) is 10.8. The monoisotopic (exact) mass is 502 g/mol. The van der Waals surface area contributed by atoms with Crippen molar-refractivity contribution in [1.29, 1.82) is 0 Å². The van der Waals surface area contributed by atoms with E-state index in [-0.39, 0.29) is 31.4 Å². The number of amides is 2. The van der Waals surface area contributed by atoms with Gasteiger partial charge in [0.2, 0.25) is 11.8 Å². The lowest BCUT2D eigenvalue weighted by molar-refractivity contribution is -0.150. The van der Waals surface area contributed by atoms with E-state index in [2.05, 4.69) is 10.6 Å². The van der Waals surface area contributed by atoms with E-state index < -0.39 is 70.9 Å². The minimum Gasteiger partial charge on any atom is -0.480 e. The minimum absolute atomic E-state index is 0.0884. The molecule has 1 fully saturated rings. The highest BCUT2D eigenvalue weighted by atomic mass is 19.2. The number of carboxylic acids is 2. The number of carbonyl (C=O) groups excluding carboxylic acids is 2. The summed E-state index contributed by atoms with van der Waals surface area (Å²) in [6.45, 7) is 3.99. The van der Waals surface area contributed by atoms with E-state index in [1.54, 1.807) is 0 Å². The Morgan fingerprint density at radius 3 is 2.31 bits per heavy atom. The Morgan fingerprint density at radius 2 is 1.74 bits per heavy atom. The number of nitrogens with two attached hydrogens (primary N) is 1. The molecule has 0 aliphatic carbocycles. The molecule has 0 aromatic heterocycles. The van der Waals surface area contributed by atoms with E-state index >= 15 is 0 Å². The van der Waals surface area contributed by atoms with Gasteiger partial charge in [-0.1, -0.05) is 0 Å². The zero-order valence-electron chi connectivity index (χ0n) is 19.5. The Bertz CT molecular complexity index is 1010. The number of nitrogens with one attached hydrogen (secondary N) is 2. The van der Waals surface area contributed by atoms with Crippen molar-refractivity contribution in [1.82, 2.24) is 15.5 Å². The van der Waals surface area contributed by atoms with E-state index in [0.29, 0.717) is 12.1 Å². The van der Waals surface area contributed by atoms with Crippen molar-refractivity contribution in [2.24, 2.45) is 5.73 Å². The molecule has 0 radical (unpaired) electrons. The maximum atomic E-state index is 13.8. The van der Waals surface area contributed by atoms with Crippen LogP contribution in [0.5, 0.6) is 0 Å². The molecule has 0 bridgehead atoms. The fourth-order valence-corrected chi connectivity index (χ4v) is 3.93. The summed E-state index contributed by atoms with van der Waals surface area (Å²) in [5, 5.41) is 24.0. The first-order chi connectivity index (χ1) is 16.1. The highest BCUT2D eigenvalue weighted by molar-refractivity contribution is 5.89. The molecule has 1 aliphatic heterocycles. The molecule has 0 spiro atoms. The van der Waals surface area contributed by atoms with E-state index in [1.165, 1.54) is 20.8 Å². The third-order valence-corrected chi connectivity index (χ3v) is 5.74. The molecule has 0 saturated carbocycles. The van der Waals surface area contributed by atoms with Crippen LogP contribution in [0.3, 0.4) is 0 Å². The van der Waals surface area contributed by atoms with Gasteiger partial charge in [-0.05, 0) is 38.8 Å². The summed E-state index contributed by atoms with van der Waals surface area (Å²) in [6, 6.07) is -2.86. The molecule has 13 heteroatoms. The Labute approximate surface area is 199 Å². The second-order valence-corrected chi connectivity index (χ2v) is 9.17. The maximum Gasteiger partial charge on any atom is 0.326 e. The lowest BCUT2D eigenvalue weighted by Gasteiger charge is -2.30. The number of nitrogens with zero attached hydrogens (tertiary/aromatic N) is 1. The van der Waals surface area contributed by atoms with Gasteiger partial charge in [-0.3, -0.25) is 19.7 Å². The van der Waals surface area contributed by atoms with Crippen LogP contribution >= 0.6 is 0 Å². The molecule has 4 atom stereocenters. The lowest BCUT2D eigenvalue weighted by atomic mass is 10.0. The van der Waals surface area contributed by atoms with Crippen molar-refractivity contribution >= 4 is 23.8 Å². The Morgan fingerprint density at radius 1 is 1.14 bits per heavy atom. The summed E-state index contributed by atoms with van der Waals surface area (Å²) in [4.78, 5) is 49.3. The van der Waals surface area contributed by atoms with E-state index in [4.69, 9.17) is 5.73 Å². The van der Waals surface area contributed by atoms with Crippen molar-refractivity contribution < 1.29 is 42.6 Å². The smallest absolute Gasteiger partial charge is 0.326 e. The molecule has 1 aromatic rings. The van der Waals surface area contributed by atoms with Gasteiger partial charge in [-0.2, -0.15) is 0 Å². The highest BCUT2D eigenvalue weighted by Gasteiger charge is 2.42. The first kappa shape index (κ1) is 28.1. The van der Waals surface area contributed by atoms with Crippen molar-refractivity contribution in [2.45, 2.75) is 69.7 Å². The van der Waals surface area contributed by atoms with Crippen LogP contribution in [0.1, 0.15) is 39.2 Å². The molecule has 194 valence electrons. The van der Waals surface area contributed by atoms with Gasteiger partial charge in [0.15, 0.2) is 11.6 Å². The molecule has 1 heterocycles. The summed E-state index contributed by atoms with van der Waals surface area (Å²) < 4.78 is 40.2. The fraction of sp³-hybridized carbons (Fsp3) is 0.545. The molecule has 1 saturated heterocycles. The van der Waals surface area contributed by atoms with Crippen LogP contribution in [0.15, 0.2) is 12.1 Å². The SMILES string of the molecule is C[C@H](NC(C)(C)C(=O)O)C(=O)N1C[C@@H](NC(=O)C[C@H](N)Cc2cc(F)c(F)cc2F)C[C@H]1C(=O)O. The second kappa shape index (κ2) is 11.0. The van der Waals surface area contributed by atoms with Gasteiger partial charge in [0.05, 0.1) is 6.04 Å². The van der Waals surface area contributed by atoms with Crippen molar-refractivity contribution in [2.75, 3.05) is 6.54 Å². The summed E-state index contributed by atoms with van der Waals surface area (Å²) in [6.07, 6.45) is -0.647. The number of hydrogen-bond donors (Lipinski definition) is 5. The molecule has 1 aliphatic rings. The molecule has 2 amide bonds. The van der Waals surface area contributed by atoms with Gasteiger partial charge >= 0.3 is 11.9 Å². The van der Waals surface area contributed by atoms with Crippen LogP contribution < -0.4 is 16.4 Å². The standard InChI is InChI=1S/C22H29F3N4O6/c1-10(28-22(2,3)21(34)35)19(31)29-9-13(7-17(29)20(32)33)27-18(30)6-12(26)4-11-5-15(24)16(25)8-14(11)23/h5,8,10,12-13,17,28H,4,6-7,9,26H2,1-3H3,(H,27,30)(H,32,33)(H,34,35)/t10-,12+,13-,17-/m0/s1. The Hall–Kier alpha value is -3.19. The number of hydrogen-bond acceptors (Lipinski definition) is 6. The van der Waals surface area contributed by atoms with Gasteiger partial charge < -0.3 is 26.2 Å². The number of rotatable bonds is 10. The average molecular weight is 502 g/mol. The molecule has 0 unspecified atom stereocenters. The van der Waals surface area contributed by atoms with Crippen LogP contribution in [-0.2, 0) is 25.6 Å². The van der Waals surface area contributed by atoms with Gasteiger partial charge in [0.1, 0.15) is 17.4 Å². The van der Waals surface area contributed by atoms with Gasteiger partial charge in [0, 0.05) is 37.5 Å². The Balaban J connectivity index is 1.99. The van der Waals surface area contributed by atoms with Crippen molar-refractivity contribution in [3.63, 3.8) is 0 Å². The summed E-state index contributed by atoms with van der Waals surface area (Å²) in [5.74, 6) is -7.31. The predicted octanol–water partition coefficient (Wildman–Crippen LogP) is 0.375. The van der Waals surface area contributed by atoms with Gasteiger partial charge in [-0.25, -0.2) is 18.0 Å². The van der Waals surface area contributed by atoms with Crippen LogP contribution in [0.4, 0.5) is 13.2 Å². The largest absolute Gasteiger partial charge is 0.480 e. The van der Waals surface area contributed by atoms with Gasteiger partial charge in [0.25, 0.3) is 0 Å². The topological polar surface area (TPSA) is 162 Å². The number of likely N-dealkylation sites (tertiary alicyclic amines) is 1. The summed E-state index contributed by atoms with van der Waals surface area (Å²) >= 11 is 0. The third kappa shape index (κ3) is 7.15. The molecule has 35 heavy (non-hydrogen) atoms. The molecule has 2 rings (SSSR count). The van der Waals surface area contributed by atoms with E-state index in [1.807, 2.05) is 0 Å². The minimum atomic E-state index is -1.44. The normalized spacial score (nSPS) is 19.8. The van der Waals surface area contributed by atoms with Crippen LogP contribution in [0, 0.1) is 17.5 Å². The zero-order valence-corrected chi connectivity index (χ0v) is 19.5. The number of halogens is 3. The van der Waals surface area contributed by atoms with Crippen LogP contribution in [-0.4, -0.2) is 75.1 Å². The zero-order chi connectivity index (χ0) is 26.7. The molecule has 10 nitrogen and oxygen atoms in total. The molecular formula is C22H29F3N4O6. The first-order valence-electron chi connectivity index (χ1n) is 10.8. The lowest BCUT2D eigenvalue weighted by Crippen LogP contribution is -2.57. The van der Waals surface area contributed by atoms with Crippen molar-refractivity contribution in [3.8, 4) is 0 Å². The predicted molar refractivity (Wildman–Crippen MR) is 117 cm³/mol. The fourth-order valence-electron chi connectivity index (χ4n) is 3.93. The number of benzene rings is 1. The number of aliphatic carboxylic acids is 2. The molecular weight excluding hydrogens is 473 g/mol. The highest BCUT2D eigenvalue weighted by Crippen LogP contribution is 2.21. The Kier molecular flexibility index (Phi) is 8.84. The summed E-state index contributed by atoms with van der Waals surface area (Å²) in [7, 11) is 0. The second-order valence-electron chi connectivity index (χ2n) is 9.17. The quantitative estimate of drug-likeness (QED) is 0.287. The molecule has 1 aromatic carbocycles. The third-order valence-electron chi connectivity index (χ3n) is 5.74.